The van der Waals surface area contributed by atoms with Gasteiger partial charge in [-0.15, -0.1) is 0 Å². The third kappa shape index (κ3) is 6.83. The Balaban J connectivity index is 1.77. The standard InChI is InChI=1S/C27H29FN5O5P/c1-18(38-39(35,36)37)33-17-24(20-10-11-29-25(28)15-20)23-14-21(16-30-27(23)33)19-7-5-8-22(13-19)32(4)26(34)9-6-12-31(2)3/h5-11,13-18H,12H2,1-4H3,(H2,35,36,37). The van der Waals surface area contributed by atoms with E-state index >= 15 is 0 Å². The van der Waals surface area contributed by atoms with Crippen LogP contribution in [-0.4, -0.2) is 62.8 Å². The van der Waals surface area contributed by atoms with Crippen molar-refractivity contribution in [3.8, 4) is 22.3 Å². The predicted octanol–water partition coefficient (Wildman–Crippen LogP) is 4.61. The third-order valence-electron chi connectivity index (χ3n) is 6.02. The maximum Gasteiger partial charge on any atom is 0.471 e. The molecule has 12 heteroatoms. The lowest BCUT2D eigenvalue weighted by Crippen LogP contribution is -2.24. The first-order valence-electron chi connectivity index (χ1n) is 12.0. The number of phosphoric ester groups is 1. The van der Waals surface area contributed by atoms with E-state index in [0.29, 0.717) is 34.4 Å². The molecule has 10 nitrogen and oxygen atoms in total. The highest BCUT2D eigenvalue weighted by atomic mass is 31.2. The van der Waals surface area contributed by atoms with E-state index in [0.717, 1.165) is 11.1 Å². The minimum Gasteiger partial charge on any atom is -0.312 e. The SMILES string of the molecule is CC(OP(=O)(O)O)n1cc(-c2ccnc(F)c2)c2cc(-c3cccc(N(C)C(=O)C=CCN(C)C)c3)cnc21. The Hall–Kier alpha value is -3.73. The van der Waals surface area contributed by atoms with Crippen molar-refractivity contribution in [3.05, 3.63) is 79.2 Å². The van der Waals surface area contributed by atoms with Crippen molar-refractivity contribution in [1.82, 2.24) is 19.4 Å². The van der Waals surface area contributed by atoms with E-state index in [1.165, 1.54) is 29.8 Å². The fourth-order valence-electron chi connectivity index (χ4n) is 4.11. The van der Waals surface area contributed by atoms with Crippen LogP contribution >= 0.6 is 7.82 Å². The summed E-state index contributed by atoms with van der Waals surface area (Å²) in [6, 6.07) is 12.2. The lowest BCUT2D eigenvalue weighted by atomic mass is 10.0. The van der Waals surface area contributed by atoms with Gasteiger partial charge in [0.1, 0.15) is 11.9 Å². The van der Waals surface area contributed by atoms with E-state index in [2.05, 4.69) is 9.97 Å². The fraction of sp³-hybridized carbons (Fsp3) is 0.222. The number of phosphoric acid groups is 1. The zero-order valence-corrected chi connectivity index (χ0v) is 22.8. The highest BCUT2D eigenvalue weighted by molar-refractivity contribution is 7.46. The number of pyridine rings is 2. The van der Waals surface area contributed by atoms with Crippen LogP contribution in [0.1, 0.15) is 13.2 Å². The molecule has 0 spiro atoms. The molecule has 3 heterocycles. The molecule has 4 rings (SSSR count). The van der Waals surface area contributed by atoms with Crippen molar-refractivity contribution in [2.24, 2.45) is 0 Å². The molecule has 0 aliphatic rings. The summed E-state index contributed by atoms with van der Waals surface area (Å²) in [5, 5.41) is 0.612. The van der Waals surface area contributed by atoms with Gasteiger partial charge >= 0.3 is 7.82 Å². The number of likely N-dealkylation sites (N-methyl/N-ethyl adjacent to an activating group) is 2. The zero-order valence-electron chi connectivity index (χ0n) is 21.9. The first kappa shape index (κ1) is 28.3. The second kappa shape index (κ2) is 11.6. The van der Waals surface area contributed by atoms with Gasteiger partial charge in [-0.1, -0.05) is 18.2 Å². The number of benzene rings is 1. The van der Waals surface area contributed by atoms with Crippen molar-refractivity contribution in [2.45, 2.75) is 13.2 Å². The van der Waals surface area contributed by atoms with Crippen LogP contribution in [0.2, 0.25) is 0 Å². The van der Waals surface area contributed by atoms with Gasteiger partial charge in [-0.05, 0) is 56.4 Å². The molecule has 0 aliphatic carbocycles. The molecule has 1 atom stereocenters. The summed E-state index contributed by atoms with van der Waals surface area (Å²) in [5.41, 5.74) is 3.68. The monoisotopic (exact) mass is 553 g/mol. The number of amides is 1. The molecule has 1 amide bonds. The van der Waals surface area contributed by atoms with Gasteiger partial charge in [0, 0.05) is 66.5 Å². The van der Waals surface area contributed by atoms with Crippen molar-refractivity contribution >= 4 is 30.5 Å². The van der Waals surface area contributed by atoms with Gasteiger partial charge < -0.3 is 24.2 Å². The topological polar surface area (TPSA) is 121 Å². The van der Waals surface area contributed by atoms with E-state index in [1.807, 2.05) is 49.3 Å². The van der Waals surface area contributed by atoms with Gasteiger partial charge in [-0.2, -0.15) is 4.39 Å². The van der Waals surface area contributed by atoms with Crippen LogP contribution in [0, 0.1) is 5.95 Å². The van der Waals surface area contributed by atoms with Crippen molar-refractivity contribution in [1.29, 1.82) is 0 Å². The number of aromatic nitrogens is 3. The average Bonchev–Trinajstić information content (AvgIpc) is 3.26. The van der Waals surface area contributed by atoms with Gasteiger partial charge in [0.2, 0.25) is 11.9 Å². The van der Waals surface area contributed by atoms with Crippen LogP contribution in [0.4, 0.5) is 10.1 Å². The lowest BCUT2D eigenvalue weighted by Gasteiger charge is -2.17. The molecule has 0 saturated heterocycles. The molecule has 3 aromatic heterocycles. The van der Waals surface area contributed by atoms with Gasteiger partial charge in [0.15, 0.2) is 0 Å². The molecule has 0 saturated carbocycles. The molecule has 0 bridgehead atoms. The quantitative estimate of drug-likeness (QED) is 0.175. The van der Waals surface area contributed by atoms with Crippen LogP contribution in [0.3, 0.4) is 0 Å². The number of hydrogen-bond acceptors (Lipinski definition) is 6. The summed E-state index contributed by atoms with van der Waals surface area (Å²) >= 11 is 0. The second-order valence-electron chi connectivity index (χ2n) is 9.22. The largest absolute Gasteiger partial charge is 0.471 e. The molecular weight excluding hydrogens is 524 g/mol. The van der Waals surface area contributed by atoms with Gasteiger partial charge in [0.05, 0.1) is 0 Å². The number of carbonyl (C=O) groups is 1. The number of nitrogens with zero attached hydrogens (tertiary/aromatic N) is 5. The van der Waals surface area contributed by atoms with Crippen LogP contribution in [0.25, 0.3) is 33.3 Å². The Labute approximate surface area is 225 Å². The summed E-state index contributed by atoms with van der Waals surface area (Å²) in [6.45, 7) is 2.13. The number of rotatable bonds is 9. The average molecular weight is 554 g/mol. The molecule has 2 N–H and O–H groups in total. The van der Waals surface area contributed by atoms with Crippen molar-refractivity contribution in [3.63, 3.8) is 0 Å². The molecule has 0 radical (unpaired) electrons. The number of fused-ring (bicyclic) bond motifs is 1. The van der Waals surface area contributed by atoms with Gasteiger partial charge in [-0.25, -0.2) is 14.5 Å². The highest BCUT2D eigenvalue weighted by Crippen LogP contribution is 2.42. The molecule has 4 aromatic rings. The van der Waals surface area contributed by atoms with Gasteiger partial charge in [-0.3, -0.25) is 9.32 Å². The molecule has 0 fully saturated rings. The fourth-order valence-corrected chi connectivity index (χ4v) is 4.61. The Morgan fingerprint density at radius 1 is 1.13 bits per heavy atom. The maximum absolute atomic E-state index is 14.0. The molecular formula is C27H29FN5O5P. The summed E-state index contributed by atoms with van der Waals surface area (Å²) in [5.74, 6) is -0.835. The molecule has 1 unspecified atom stereocenters. The summed E-state index contributed by atoms with van der Waals surface area (Å²) < 4.78 is 31.8. The van der Waals surface area contributed by atoms with Crippen LogP contribution in [0.5, 0.6) is 0 Å². The number of hydrogen-bond donors (Lipinski definition) is 2. The third-order valence-corrected chi connectivity index (χ3v) is 6.60. The summed E-state index contributed by atoms with van der Waals surface area (Å²) in [6.07, 6.45) is 6.84. The summed E-state index contributed by atoms with van der Waals surface area (Å²) in [7, 11) is 0.749. The van der Waals surface area contributed by atoms with Crippen molar-refractivity contribution < 1.29 is 28.1 Å². The van der Waals surface area contributed by atoms with E-state index in [1.54, 1.807) is 36.5 Å². The predicted molar refractivity (Wildman–Crippen MR) is 147 cm³/mol. The molecule has 1 aromatic carbocycles. The van der Waals surface area contributed by atoms with Crippen LogP contribution in [0.15, 0.2) is 73.2 Å². The Morgan fingerprint density at radius 2 is 1.90 bits per heavy atom. The normalized spacial score (nSPS) is 12.9. The molecule has 204 valence electrons. The van der Waals surface area contributed by atoms with E-state index in [9.17, 15) is 23.5 Å². The van der Waals surface area contributed by atoms with Gasteiger partial charge in [0.25, 0.3) is 0 Å². The molecule has 0 aliphatic heterocycles. The summed E-state index contributed by atoms with van der Waals surface area (Å²) in [4.78, 5) is 43.0. The minimum absolute atomic E-state index is 0.166. The van der Waals surface area contributed by atoms with Crippen LogP contribution < -0.4 is 4.90 Å². The molecule has 39 heavy (non-hydrogen) atoms. The number of anilines is 1. The van der Waals surface area contributed by atoms with E-state index in [4.69, 9.17) is 4.52 Å². The van der Waals surface area contributed by atoms with E-state index < -0.39 is 20.0 Å². The second-order valence-corrected chi connectivity index (χ2v) is 10.4. The number of carbonyl (C=O) groups excluding carboxylic acids is 1. The highest BCUT2D eigenvalue weighted by Gasteiger charge is 2.23. The lowest BCUT2D eigenvalue weighted by molar-refractivity contribution is -0.113. The smallest absolute Gasteiger partial charge is 0.312 e. The first-order chi connectivity index (χ1) is 18.4. The van der Waals surface area contributed by atoms with Crippen molar-refractivity contribution in [2.75, 3.05) is 32.6 Å². The Morgan fingerprint density at radius 3 is 2.59 bits per heavy atom. The zero-order chi connectivity index (χ0) is 28.3. The first-order valence-corrected chi connectivity index (χ1v) is 13.5. The van der Waals surface area contributed by atoms with E-state index in [-0.39, 0.29) is 5.91 Å². The maximum atomic E-state index is 14.0. The Kier molecular flexibility index (Phi) is 8.39. The number of halogens is 1. The van der Waals surface area contributed by atoms with Crippen LogP contribution in [-0.2, 0) is 13.9 Å². The minimum atomic E-state index is -4.79. The Bertz CT molecular complexity index is 1580.